The van der Waals surface area contributed by atoms with Crippen molar-refractivity contribution < 1.29 is 19.5 Å². The van der Waals surface area contributed by atoms with Gasteiger partial charge in [0.1, 0.15) is 11.4 Å². The van der Waals surface area contributed by atoms with Crippen molar-refractivity contribution >= 4 is 46.7 Å². The van der Waals surface area contributed by atoms with Crippen molar-refractivity contribution in [3.8, 4) is 0 Å². The summed E-state index contributed by atoms with van der Waals surface area (Å²) in [5.74, 6) is 0.352. The van der Waals surface area contributed by atoms with Crippen LogP contribution >= 0.6 is 23.2 Å². The van der Waals surface area contributed by atoms with E-state index in [1.165, 1.54) is 0 Å². The Hall–Kier alpha value is -2.64. The minimum Gasteiger partial charge on any atom is -0.481 e. The Bertz CT molecular complexity index is 1270. The van der Waals surface area contributed by atoms with Gasteiger partial charge in [0.2, 0.25) is 5.91 Å². The number of benzene rings is 1. The van der Waals surface area contributed by atoms with Crippen LogP contribution in [-0.4, -0.2) is 51.8 Å². The van der Waals surface area contributed by atoms with Gasteiger partial charge < -0.3 is 15.3 Å². The molecule has 42 heavy (non-hydrogen) atoms. The highest BCUT2D eigenvalue weighted by molar-refractivity contribution is 6.48. The fraction of sp³-hybridized carbons (Fsp3) is 0.576. The maximum atomic E-state index is 14.4. The first-order valence-electron chi connectivity index (χ1n) is 15.2. The van der Waals surface area contributed by atoms with Gasteiger partial charge in [0.05, 0.1) is 12.5 Å². The van der Waals surface area contributed by atoms with Crippen molar-refractivity contribution in [3.63, 3.8) is 0 Å². The van der Waals surface area contributed by atoms with Crippen molar-refractivity contribution in [2.75, 3.05) is 6.54 Å². The Morgan fingerprint density at radius 2 is 1.71 bits per heavy atom. The summed E-state index contributed by atoms with van der Waals surface area (Å²) in [5, 5.41) is 12.5. The summed E-state index contributed by atoms with van der Waals surface area (Å²) in [7, 11) is 0. The van der Waals surface area contributed by atoms with E-state index >= 15 is 0 Å². The number of carbonyl (C=O) groups excluding carboxylic acids is 2. The third-order valence-electron chi connectivity index (χ3n) is 8.95. The van der Waals surface area contributed by atoms with Gasteiger partial charge in [-0.3, -0.25) is 19.4 Å². The van der Waals surface area contributed by atoms with Crippen LogP contribution in [0.1, 0.15) is 91.0 Å². The lowest BCUT2D eigenvalue weighted by molar-refractivity contribution is -0.137. The highest BCUT2D eigenvalue weighted by Crippen LogP contribution is 2.47. The zero-order chi connectivity index (χ0) is 30.6. The molecule has 0 radical (unpaired) electrons. The number of nitrogens with one attached hydrogen (secondary N) is 1. The summed E-state index contributed by atoms with van der Waals surface area (Å²) in [6, 6.07) is 5.04. The topological polar surface area (TPSA) is 99.1 Å². The van der Waals surface area contributed by atoms with Crippen LogP contribution in [0.4, 0.5) is 0 Å². The Morgan fingerprint density at radius 3 is 2.26 bits per heavy atom. The first kappa shape index (κ1) is 32.3. The third kappa shape index (κ3) is 7.46. The fourth-order valence-electron chi connectivity index (χ4n) is 6.53. The van der Waals surface area contributed by atoms with Gasteiger partial charge in [-0.2, -0.15) is 0 Å². The van der Waals surface area contributed by atoms with E-state index in [1.807, 2.05) is 12.2 Å². The summed E-state index contributed by atoms with van der Waals surface area (Å²) in [5.41, 5.74) is 2.18. The summed E-state index contributed by atoms with van der Waals surface area (Å²) in [6.07, 6.45) is 10.3. The fourth-order valence-corrected chi connectivity index (χ4v) is 7.06. The average molecular weight is 617 g/mol. The molecule has 1 heterocycles. The smallest absolute Gasteiger partial charge is 0.305 e. The molecule has 1 atom stereocenters. The first-order valence-corrected chi connectivity index (χ1v) is 16.0. The summed E-state index contributed by atoms with van der Waals surface area (Å²) >= 11 is 12.7. The molecule has 0 bridgehead atoms. The van der Waals surface area contributed by atoms with Gasteiger partial charge in [0.25, 0.3) is 5.91 Å². The van der Waals surface area contributed by atoms with E-state index in [0.717, 1.165) is 44.1 Å². The van der Waals surface area contributed by atoms with E-state index in [9.17, 15) is 14.4 Å². The Morgan fingerprint density at radius 1 is 1.05 bits per heavy atom. The van der Waals surface area contributed by atoms with Gasteiger partial charge in [-0.15, -0.1) is 0 Å². The van der Waals surface area contributed by atoms with Crippen LogP contribution in [-0.2, 0) is 14.4 Å². The molecular weight excluding hydrogens is 573 g/mol. The van der Waals surface area contributed by atoms with Crippen LogP contribution in [0.15, 0.2) is 46.5 Å². The largest absolute Gasteiger partial charge is 0.481 e. The molecule has 1 saturated carbocycles. The Kier molecular flexibility index (Phi) is 10.6. The molecule has 3 aliphatic rings. The third-order valence-corrected chi connectivity index (χ3v) is 9.39. The van der Waals surface area contributed by atoms with Crippen LogP contribution in [0.3, 0.4) is 0 Å². The molecule has 4 rings (SSSR count). The molecule has 7 nitrogen and oxygen atoms in total. The first-order chi connectivity index (χ1) is 19.9. The van der Waals surface area contributed by atoms with Crippen molar-refractivity contribution in [1.82, 2.24) is 10.2 Å². The standard InChI is InChI=1S/C33H43Cl2N3O4/c1-20(2)5-10-28(23-6-8-24(9-7-23)31(41)36-16-13-29(39)40)38-32(42)30(25-17-26(34)19-27(35)18-25)37-33(38)14-11-22(12-15-33)21(3)4/h6,8,17-22,28H,5,7,9-16H2,1-4H3,(H,36,41)(H,39,40)/t22?,28-,33?/m1/s1. The molecule has 1 spiro atoms. The number of aliphatic imine (C=N–C) groups is 1. The van der Waals surface area contributed by atoms with Crippen molar-refractivity contribution in [3.05, 3.63) is 57.1 Å². The van der Waals surface area contributed by atoms with Crippen molar-refractivity contribution in [1.29, 1.82) is 0 Å². The molecule has 2 amide bonds. The molecule has 0 saturated heterocycles. The number of halogens is 2. The maximum absolute atomic E-state index is 14.4. The monoisotopic (exact) mass is 615 g/mol. The van der Waals surface area contributed by atoms with Crippen LogP contribution < -0.4 is 5.32 Å². The number of rotatable bonds is 11. The number of aliphatic carboxylic acids is 1. The lowest BCUT2D eigenvalue weighted by Gasteiger charge is -2.47. The van der Waals surface area contributed by atoms with E-state index in [1.54, 1.807) is 18.2 Å². The predicted octanol–water partition coefficient (Wildman–Crippen LogP) is 7.21. The number of carboxylic acid groups (broad SMARTS) is 1. The summed E-state index contributed by atoms with van der Waals surface area (Å²) in [4.78, 5) is 45.2. The molecule has 0 unspecified atom stereocenters. The molecule has 1 fully saturated rings. The highest BCUT2D eigenvalue weighted by Gasteiger charge is 2.52. The van der Waals surface area contributed by atoms with Crippen molar-refractivity contribution in [2.24, 2.45) is 22.7 Å². The number of nitrogens with zero attached hydrogens (tertiary/aromatic N) is 2. The lowest BCUT2D eigenvalue weighted by Crippen LogP contribution is -2.55. The minimum absolute atomic E-state index is 0.0906. The van der Waals surface area contributed by atoms with E-state index in [2.05, 4.69) is 37.9 Å². The number of amides is 2. The Balaban J connectivity index is 1.70. The van der Waals surface area contributed by atoms with Crippen LogP contribution in [0.5, 0.6) is 0 Å². The molecule has 1 aliphatic heterocycles. The molecule has 1 aromatic carbocycles. The maximum Gasteiger partial charge on any atom is 0.305 e. The van der Waals surface area contributed by atoms with E-state index in [4.69, 9.17) is 33.3 Å². The quantitative estimate of drug-likeness (QED) is 0.275. The molecule has 228 valence electrons. The van der Waals surface area contributed by atoms with Crippen molar-refractivity contribution in [2.45, 2.75) is 97.2 Å². The van der Waals surface area contributed by atoms with Gasteiger partial charge in [-0.05, 0) is 92.9 Å². The highest BCUT2D eigenvalue weighted by atomic mass is 35.5. The summed E-state index contributed by atoms with van der Waals surface area (Å²) < 4.78 is 0. The van der Waals surface area contributed by atoms with E-state index in [0.29, 0.717) is 57.5 Å². The van der Waals surface area contributed by atoms with Crippen LogP contribution in [0.25, 0.3) is 0 Å². The molecule has 1 aromatic rings. The van der Waals surface area contributed by atoms with Gasteiger partial charge in [-0.25, -0.2) is 0 Å². The molecule has 2 aliphatic carbocycles. The molecule has 9 heteroatoms. The second kappa shape index (κ2) is 13.8. The van der Waals surface area contributed by atoms with Gasteiger partial charge >= 0.3 is 5.97 Å². The Labute approximate surface area is 259 Å². The number of hydrogen-bond donors (Lipinski definition) is 2. The van der Waals surface area contributed by atoms with Crippen LogP contribution in [0.2, 0.25) is 10.0 Å². The number of hydrogen-bond acceptors (Lipinski definition) is 4. The van der Waals surface area contributed by atoms with E-state index in [-0.39, 0.29) is 30.8 Å². The van der Waals surface area contributed by atoms with Gasteiger partial charge in [-0.1, -0.05) is 63.0 Å². The second-order valence-corrected chi connectivity index (χ2v) is 13.6. The lowest BCUT2D eigenvalue weighted by atomic mass is 9.75. The summed E-state index contributed by atoms with van der Waals surface area (Å²) in [6.45, 7) is 9.01. The number of carboxylic acids is 1. The minimum atomic E-state index is -0.948. The number of allylic oxidation sites excluding steroid dienone is 2. The predicted molar refractivity (Wildman–Crippen MR) is 168 cm³/mol. The average Bonchev–Trinajstić information content (AvgIpc) is 3.20. The van der Waals surface area contributed by atoms with Crippen LogP contribution in [0, 0.1) is 17.8 Å². The SMILES string of the molecule is CC(C)CC[C@H](C1=CC=C(C(=O)NCCC(=O)O)CC1)N1C(=O)C(c2cc(Cl)cc(Cl)c2)=NC12CCC(C(C)C)CC2. The normalized spacial score (nSPS) is 23.2. The number of carbonyl (C=O) groups is 3. The second-order valence-electron chi connectivity index (χ2n) is 12.7. The molecule has 0 aromatic heterocycles. The van der Waals surface area contributed by atoms with Gasteiger partial charge in [0, 0.05) is 27.7 Å². The molecular formula is C33H43Cl2N3O4. The zero-order valence-corrected chi connectivity index (χ0v) is 26.6. The van der Waals surface area contributed by atoms with Gasteiger partial charge in [0.15, 0.2) is 0 Å². The molecule has 2 N–H and O–H groups in total. The van der Waals surface area contributed by atoms with E-state index < -0.39 is 11.6 Å². The zero-order valence-electron chi connectivity index (χ0n) is 25.1.